The quantitative estimate of drug-likeness (QED) is 0.189. The Kier molecular flexibility index (Phi) is 5.59. The maximum absolute atomic E-state index is 7.19. The molecule has 1 spiro atoms. The van der Waals surface area contributed by atoms with Crippen LogP contribution in [-0.4, -0.2) is 9.97 Å². The first-order valence-electron chi connectivity index (χ1n) is 17.1. The molecule has 9 aromatic rings. The predicted octanol–water partition coefficient (Wildman–Crippen LogP) is 11.7. The molecule has 1 aliphatic heterocycles. The van der Waals surface area contributed by atoms with Gasteiger partial charge in [0.25, 0.3) is 0 Å². The van der Waals surface area contributed by atoms with Crippen LogP contribution < -0.4 is 4.74 Å². The highest BCUT2D eigenvalue weighted by Gasteiger charge is 2.53. The summed E-state index contributed by atoms with van der Waals surface area (Å²) in [7, 11) is 0. The van der Waals surface area contributed by atoms with Crippen molar-refractivity contribution in [2.75, 3.05) is 0 Å². The van der Waals surface area contributed by atoms with E-state index in [1.54, 1.807) is 0 Å². The van der Waals surface area contributed by atoms with Crippen LogP contribution in [0.4, 0.5) is 0 Å². The highest BCUT2D eigenvalue weighted by atomic mass is 16.5. The first kappa shape index (κ1) is 27.4. The lowest BCUT2D eigenvalue weighted by Gasteiger charge is -2.41. The van der Waals surface area contributed by atoms with E-state index in [0.29, 0.717) is 5.82 Å². The summed E-state index contributed by atoms with van der Waals surface area (Å²) in [5, 5.41) is 5.53. The molecule has 11 rings (SSSR count). The molecule has 1 aromatic heterocycles. The Bertz CT molecular complexity index is 2770. The lowest BCUT2D eigenvalue weighted by atomic mass is 9.64. The number of rotatable bonds is 2. The van der Waals surface area contributed by atoms with Gasteiger partial charge in [-0.2, -0.15) is 0 Å². The Morgan fingerprint density at radius 2 is 0.980 bits per heavy atom. The van der Waals surface area contributed by atoms with Gasteiger partial charge in [0.1, 0.15) is 11.5 Å². The average molecular weight is 637 g/mol. The Morgan fingerprint density at radius 1 is 0.400 bits per heavy atom. The third-order valence-electron chi connectivity index (χ3n) is 10.7. The number of para-hydroxylation sites is 1. The lowest BCUT2D eigenvalue weighted by molar-refractivity contribution is 0.447. The third kappa shape index (κ3) is 3.58. The van der Waals surface area contributed by atoms with Crippen LogP contribution in [0, 0.1) is 0 Å². The number of aromatic nitrogens is 2. The molecule has 0 unspecified atom stereocenters. The van der Waals surface area contributed by atoms with Gasteiger partial charge in [-0.3, -0.25) is 0 Å². The number of benzene rings is 8. The van der Waals surface area contributed by atoms with Crippen molar-refractivity contribution in [2.45, 2.75) is 5.41 Å². The summed E-state index contributed by atoms with van der Waals surface area (Å²) < 4.78 is 7.19. The largest absolute Gasteiger partial charge is 0.455 e. The van der Waals surface area contributed by atoms with Crippen molar-refractivity contribution in [3.05, 3.63) is 192 Å². The molecular formula is C47H28N2O. The van der Waals surface area contributed by atoms with Gasteiger partial charge >= 0.3 is 0 Å². The maximum Gasteiger partial charge on any atom is 0.160 e. The van der Waals surface area contributed by atoms with Gasteiger partial charge in [-0.1, -0.05) is 164 Å². The molecule has 0 amide bonds. The Morgan fingerprint density at radius 3 is 1.72 bits per heavy atom. The van der Waals surface area contributed by atoms with Crippen molar-refractivity contribution in [3.8, 4) is 45.3 Å². The van der Waals surface area contributed by atoms with E-state index in [2.05, 4.69) is 152 Å². The monoisotopic (exact) mass is 636 g/mol. The van der Waals surface area contributed by atoms with E-state index in [0.717, 1.165) is 71.9 Å². The van der Waals surface area contributed by atoms with Crippen LogP contribution in [0.25, 0.3) is 66.2 Å². The number of ether oxygens (including phenoxy) is 1. The van der Waals surface area contributed by atoms with Crippen LogP contribution in [0.15, 0.2) is 170 Å². The average Bonchev–Trinajstić information content (AvgIpc) is 3.48. The molecule has 0 fully saturated rings. The second kappa shape index (κ2) is 10.2. The molecule has 0 saturated carbocycles. The smallest absolute Gasteiger partial charge is 0.160 e. The Balaban J connectivity index is 1.34. The van der Waals surface area contributed by atoms with Gasteiger partial charge in [0, 0.05) is 38.4 Å². The predicted molar refractivity (Wildman–Crippen MR) is 203 cm³/mol. The molecule has 1 aliphatic carbocycles. The van der Waals surface area contributed by atoms with Crippen LogP contribution in [0.5, 0.6) is 11.5 Å². The zero-order valence-electron chi connectivity index (χ0n) is 27.0. The Labute approximate surface area is 289 Å². The van der Waals surface area contributed by atoms with Crippen LogP contribution in [0.1, 0.15) is 22.3 Å². The number of hydrogen-bond donors (Lipinski definition) is 0. The van der Waals surface area contributed by atoms with Gasteiger partial charge in [-0.15, -0.1) is 0 Å². The standard InChI is InChI=1S/C47H28N2O/c1-2-15-31(16-3-1)46-48-41-24-11-9-20-36(41)43(49-46)37-22-12-21-35-34-19-8-10-23-38(34)47(42(35)37)39-27-25-29-13-4-6-17-32(29)44(39)50-45-33-18-7-5-14-30(33)26-28-40(45)47/h1-28H. The van der Waals surface area contributed by atoms with Crippen molar-refractivity contribution in [1.29, 1.82) is 0 Å². The molecule has 50 heavy (non-hydrogen) atoms. The molecule has 2 aliphatic rings. The molecule has 0 saturated heterocycles. The summed E-state index contributed by atoms with van der Waals surface area (Å²) in [6, 6.07) is 60.6. The van der Waals surface area contributed by atoms with Crippen molar-refractivity contribution >= 4 is 32.4 Å². The fraction of sp³-hybridized carbons (Fsp3) is 0.0213. The van der Waals surface area contributed by atoms with Crippen molar-refractivity contribution in [1.82, 2.24) is 9.97 Å². The topological polar surface area (TPSA) is 35.0 Å². The summed E-state index contributed by atoms with van der Waals surface area (Å²) in [6.45, 7) is 0. The minimum Gasteiger partial charge on any atom is -0.455 e. The second-order valence-corrected chi connectivity index (χ2v) is 13.2. The van der Waals surface area contributed by atoms with Crippen LogP contribution in [0.2, 0.25) is 0 Å². The van der Waals surface area contributed by atoms with Gasteiger partial charge < -0.3 is 4.74 Å². The maximum atomic E-state index is 7.19. The summed E-state index contributed by atoms with van der Waals surface area (Å²) in [6.07, 6.45) is 0. The van der Waals surface area contributed by atoms with Crippen LogP contribution >= 0.6 is 0 Å². The van der Waals surface area contributed by atoms with E-state index in [1.807, 2.05) is 18.2 Å². The van der Waals surface area contributed by atoms with E-state index in [4.69, 9.17) is 14.7 Å². The van der Waals surface area contributed by atoms with Crippen molar-refractivity contribution in [3.63, 3.8) is 0 Å². The van der Waals surface area contributed by atoms with Crippen LogP contribution in [0.3, 0.4) is 0 Å². The number of nitrogens with zero attached hydrogens (tertiary/aromatic N) is 2. The second-order valence-electron chi connectivity index (χ2n) is 13.2. The molecule has 232 valence electrons. The van der Waals surface area contributed by atoms with E-state index in [-0.39, 0.29) is 0 Å². The number of fused-ring (bicyclic) bond motifs is 14. The summed E-state index contributed by atoms with van der Waals surface area (Å²) in [5.41, 5.74) is 10.4. The highest BCUT2D eigenvalue weighted by Crippen LogP contribution is 2.65. The fourth-order valence-corrected chi connectivity index (χ4v) is 8.66. The molecule has 2 heterocycles. The van der Waals surface area contributed by atoms with Gasteiger partial charge in [-0.25, -0.2) is 9.97 Å². The first-order chi connectivity index (χ1) is 24.8. The Hall–Kier alpha value is -6.58. The van der Waals surface area contributed by atoms with E-state index >= 15 is 0 Å². The molecule has 0 N–H and O–H groups in total. The first-order valence-corrected chi connectivity index (χ1v) is 17.1. The normalized spacial score (nSPS) is 13.5. The molecule has 3 nitrogen and oxygen atoms in total. The van der Waals surface area contributed by atoms with E-state index < -0.39 is 5.41 Å². The van der Waals surface area contributed by atoms with Crippen molar-refractivity contribution < 1.29 is 4.74 Å². The number of hydrogen-bond acceptors (Lipinski definition) is 3. The lowest BCUT2D eigenvalue weighted by Crippen LogP contribution is -2.33. The minimum atomic E-state index is -0.682. The van der Waals surface area contributed by atoms with E-state index in [9.17, 15) is 0 Å². The highest BCUT2D eigenvalue weighted by molar-refractivity contribution is 6.03. The SMILES string of the molecule is c1ccc(-c2nc(-c3cccc4c3C3(c5ccccc5-4)c4ccc5ccccc5c4Oc4c3ccc3ccccc43)c3ccccc3n2)cc1. The zero-order valence-corrected chi connectivity index (χ0v) is 27.0. The minimum absolute atomic E-state index is 0.682. The van der Waals surface area contributed by atoms with Gasteiger partial charge in [0.2, 0.25) is 0 Å². The van der Waals surface area contributed by atoms with E-state index in [1.165, 1.54) is 22.3 Å². The molecular weight excluding hydrogens is 609 g/mol. The van der Waals surface area contributed by atoms with Gasteiger partial charge in [0.15, 0.2) is 5.82 Å². The van der Waals surface area contributed by atoms with Crippen molar-refractivity contribution in [2.24, 2.45) is 0 Å². The fourth-order valence-electron chi connectivity index (χ4n) is 8.66. The van der Waals surface area contributed by atoms with Gasteiger partial charge in [-0.05, 0) is 39.1 Å². The zero-order chi connectivity index (χ0) is 32.8. The molecule has 3 heteroatoms. The summed E-state index contributed by atoms with van der Waals surface area (Å²) >= 11 is 0. The summed E-state index contributed by atoms with van der Waals surface area (Å²) in [4.78, 5) is 10.5. The molecule has 0 bridgehead atoms. The molecule has 0 radical (unpaired) electrons. The van der Waals surface area contributed by atoms with Crippen LogP contribution in [-0.2, 0) is 5.41 Å². The summed E-state index contributed by atoms with van der Waals surface area (Å²) in [5.74, 6) is 2.52. The van der Waals surface area contributed by atoms with Gasteiger partial charge in [0.05, 0.1) is 16.6 Å². The third-order valence-corrected chi connectivity index (χ3v) is 10.7. The molecule has 8 aromatic carbocycles. The molecule has 0 atom stereocenters.